The molecule has 2 aliphatic rings. The predicted octanol–water partition coefficient (Wildman–Crippen LogP) is 5.15. The zero-order chi connectivity index (χ0) is 15.7. The molecule has 118 valence electrons. The van der Waals surface area contributed by atoms with Crippen molar-refractivity contribution in [1.82, 2.24) is 0 Å². The fourth-order valence-electron chi connectivity index (χ4n) is 3.75. The van der Waals surface area contributed by atoms with Gasteiger partial charge in [-0.05, 0) is 41.9 Å². The van der Waals surface area contributed by atoms with E-state index in [4.69, 9.17) is 0 Å². The van der Waals surface area contributed by atoms with E-state index in [9.17, 15) is 4.79 Å². The summed E-state index contributed by atoms with van der Waals surface area (Å²) in [6, 6.07) is 18.9. The van der Waals surface area contributed by atoms with Crippen molar-refractivity contribution >= 4 is 29.3 Å². The molecule has 0 bridgehead atoms. The van der Waals surface area contributed by atoms with Gasteiger partial charge in [-0.2, -0.15) is 0 Å². The van der Waals surface area contributed by atoms with Gasteiger partial charge >= 0.3 is 0 Å². The number of hydrogen-bond donors (Lipinski definition) is 0. The second-order valence-corrected chi connectivity index (χ2v) is 9.14. The number of rotatable bonds is 2. The molecular formula is C20H20OS2. The van der Waals surface area contributed by atoms with Gasteiger partial charge in [-0.3, -0.25) is 4.79 Å². The molecule has 0 saturated carbocycles. The van der Waals surface area contributed by atoms with Gasteiger partial charge in [0.05, 0.1) is 10.00 Å². The molecule has 1 saturated heterocycles. The number of fused-ring (bicyclic) bond motifs is 1. The minimum Gasteiger partial charge on any atom is -0.294 e. The summed E-state index contributed by atoms with van der Waals surface area (Å²) in [5, 5.41) is 0. The van der Waals surface area contributed by atoms with Crippen molar-refractivity contribution in [2.24, 2.45) is 5.92 Å². The summed E-state index contributed by atoms with van der Waals surface area (Å²) in [5.41, 5.74) is 3.49. The molecule has 1 aliphatic heterocycles. The van der Waals surface area contributed by atoms with Crippen molar-refractivity contribution in [3.8, 4) is 0 Å². The molecule has 0 amide bonds. The first-order valence-corrected chi connectivity index (χ1v) is 10.2. The SMILES string of the molecule is O=C1c2ccccc2CCC1C1(c2ccccc2)SCCCS1. The van der Waals surface area contributed by atoms with E-state index in [2.05, 4.69) is 36.4 Å². The summed E-state index contributed by atoms with van der Waals surface area (Å²) < 4.78 is -0.107. The maximum atomic E-state index is 13.3. The van der Waals surface area contributed by atoms with E-state index in [-0.39, 0.29) is 10.00 Å². The van der Waals surface area contributed by atoms with E-state index in [1.165, 1.54) is 17.5 Å². The standard InChI is InChI=1S/C20H20OS2/c21-19-17-10-5-4-7-15(17)11-12-18(19)20(22-13-6-14-23-20)16-8-2-1-3-9-16/h1-5,7-10,18H,6,11-14H2. The third-order valence-corrected chi connectivity index (χ3v) is 8.45. The van der Waals surface area contributed by atoms with Crippen molar-refractivity contribution < 1.29 is 4.79 Å². The average Bonchev–Trinajstić information content (AvgIpc) is 2.63. The molecule has 2 aromatic carbocycles. The summed E-state index contributed by atoms with van der Waals surface area (Å²) in [5.74, 6) is 2.72. The molecule has 1 aliphatic carbocycles. The molecule has 1 heterocycles. The zero-order valence-corrected chi connectivity index (χ0v) is 14.7. The quantitative estimate of drug-likeness (QED) is 0.752. The van der Waals surface area contributed by atoms with Crippen LogP contribution in [0.4, 0.5) is 0 Å². The number of ketones is 1. The summed E-state index contributed by atoms with van der Waals surface area (Å²) in [6.45, 7) is 0. The van der Waals surface area contributed by atoms with Crippen LogP contribution in [0.1, 0.15) is 34.3 Å². The number of carbonyl (C=O) groups is 1. The molecule has 4 rings (SSSR count). The average molecular weight is 341 g/mol. The summed E-state index contributed by atoms with van der Waals surface area (Å²) in [4.78, 5) is 13.3. The number of carbonyl (C=O) groups excluding carboxylic acids is 1. The minimum absolute atomic E-state index is 0.0788. The lowest BCUT2D eigenvalue weighted by molar-refractivity contribution is 0.0891. The normalized spacial score (nSPS) is 23.3. The Morgan fingerprint density at radius 3 is 2.39 bits per heavy atom. The molecule has 0 aromatic heterocycles. The second-order valence-electron chi connectivity index (χ2n) is 6.20. The number of Topliss-reactive ketones (excluding diaryl/α,β-unsaturated/α-hetero) is 1. The van der Waals surface area contributed by atoms with E-state index in [0.29, 0.717) is 5.78 Å². The van der Waals surface area contributed by atoms with Crippen LogP contribution in [0.25, 0.3) is 0 Å². The van der Waals surface area contributed by atoms with Gasteiger partial charge in [-0.15, -0.1) is 23.5 Å². The van der Waals surface area contributed by atoms with Crippen LogP contribution in [0, 0.1) is 5.92 Å². The number of thioether (sulfide) groups is 2. The first kappa shape index (κ1) is 15.3. The highest BCUT2D eigenvalue weighted by Crippen LogP contribution is 2.57. The monoisotopic (exact) mass is 340 g/mol. The topological polar surface area (TPSA) is 17.1 Å². The van der Waals surface area contributed by atoms with Gasteiger partial charge in [0.15, 0.2) is 5.78 Å². The highest BCUT2D eigenvalue weighted by Gasteiger charge is 2.48. The van der Waals surface area contributed by atoms with Crippen molar-refractivity contribution in [3.05, 3.63) is 71.3 Å². The van der Waals surface area contributed by atoms with Crippen molar-refractivity contribution in [3.63, 3.8) is 0 Å². The largest absolute Gasteiger partial charge is 0.294 e. The van der Waals surface area contributed by atoms with Crippen LogP contribution in [0.5, 0.6) is 0 Å². The van der Waals surface area contributed by atoms with Crippen LogP contribution in [-0.2, 0) is 10.5 Å². The van der Waals surface area contributed by atoms with Crippen LogP contribution < -0.4 is 0 Å². The van der Waals surface area contributed by atoms with Gasteiger partial charge < -0.3 is 0 Å². The van der Waals surface area contributed by atoms with Crippen LogP contribution in [-0.4, -0.2) is 17.3 Å². The van der Waals surface area contributed by atoms with E-state index in [1.807, 2.05) is 41.7 Å². The molecule has 2 aromatic rings. The number of benzene rings is 2. The Bertz CT molecular complexity index is 705. The number of hydrogen-bond acceptors (Lipinski definition) is 3. The van der Waals surface area contributed by atoms with Crippen molar-refractivity contribution in [2.45, 2.75) is 23.3 Å². The zero-order valence-electron chi connectivity index (χ0n) is 13.0. The molecule has 0 radical (unpaired) electrons. The van der Waals surface area contributed by atoms with Gasteiger partial charge in [0, 0.05) is 5.56 Å². The lowest BCUT2D eigenvalue weighted by atomic mass is 9.79. The maximum absolute atomic E-state index is 13.3. The first-order valence-electron chi connectivity index (χ1n) is 8.27. The predicted molar refractivity (Wildman–Crippen MR) is 100 cm³/mol. The van der Waals surface area contributed by atoms with E-state index >= 15 is 0 Å². The molecule has 1 atom stereocenters. The molecule has 23 heavy (non-hydrogen) atoms. The van der Waals surface area contributed by atoms with Gasteiger partial charge in [-0.25, -0.2) is 0 Å². The molecule has 0 N–H and O–H groups in total. The van der Waals surface area contributed by atoms with E-state index < -0.39 is 0 Å². The fourth-order valence-corrected chi connectivity index (χ4v) is 7.41. The Morgan fingerprint density at radius 1 is 0.913 bits per heavy atom. The number of aryl methyl sites for hydroxylation is 1. The third kappa shape index (κ3) is 2.64. The van der Waals surface area contributed by atoms with Gasteiger partial charge in [0.2, 0.25) is 0 Å². The van der Waals surface area contributed by atoms with Crippen molar-refractivity contribution in [1.29, 1.82) is 0 Å². The fraction of sp³-hybridized carbons (Fsp3) is 0.350. The highest BCUT2D eigenvalue weighted by molar-refractivity contribution is 8.18. The molecular weight excluding hydrogens is 320 g/mol. The summed E-state index contributed by atoms with van der Waals surface area (Å²) in [6.07, 6.45) is 3.22. The third-order valence-electron chi connectivity index (χ3n) is 4.86. The van der Waals surface area contributed by atoms with Crippen LogP contribution in [0.2, 0.25) is 0 Å². The van der Waals surface area contributed by atoms with Gasteiger partial charge in [0.1, 0.15) is 0 Å². The van der Waals surface area contributed by atoms with Crippen LogP contribution >= 0.6 is 23.5 Å². The molecule has 1 nitrogen and oxygen atoms in total. The first-order chi connectivity index (χ1) is 11.3. The Balaban J connectivity index is 1.78. The van der Waals surface area contributed by atoms with Gasteiger partial charge in [0.25, 0.3) is 0 Å². The second kappa shape index (κ2) is 6.37. The van der Waals surface area contributed by atoms with Crippen molar-refractivity contribution in [2.75, 3.05) is 11.5 Å². The lowest BCUT2D eigenvalue weighted by Crippen LogP contribution is -2.39. The Morgan fingerprint density at radius 2 is 1.61 bits per heavy atom. The van der Waals surface area contributed by atoms with Gasteiger partial charge in [-0.1, -0.05) is 54.6 Å². The highest BCUT2D eigenvalue weighted by atomic mass is 32.2. The lowest BCUT2D eigenvalue weighted by Gasteiger charge is -2.43. The Kier molecular flexibility index (Phi) is 4.25. The van der Waals surface area contributed by atoms with E-state index in [0.717, 1.165) is 29.9 Å². The Labute approximate surface area is 146 Å². The minimum atomic E-state index is -0.107. The summed E-state index contributed by atoms with van der Waals surface area (Å²) >= 11 is 3.98. The van der Waals surface area contributed by atoms with Crippen LogP contribution in [0.15, 0.2) is 54.6 Å². The summed E-state index contributed by atoms with van der Waals surface area (Å²) in [7, 11) is 0. The Hall–Kier alpha value is -1.19. The van der Waals surface area contributed by atoms with Crippen LogP contribution in [0.3, 0.4) is 0 Å². The van der Waals surface area contributed by atoms with E-state index in [1.54, 1.807) is 0 Å². The molecule has 1 unspecified atom stereocenters. The smallest absolute Gasteiger partial charge is 0.168 e. The maximum Gasteiger partial charge on any atom is 0.168 e. The molecule has 0 spiro atoms. The molecule has 3 heteroatoms. The molecule has 1 fully saturated rings.